The van der Waals surface area contributed by atoms with E-state index in [4.69, 9.17) is 5.73 Å². The van der Waals surface area contributed by atoms with Gasteiger partial charge in [0.15, 0.2) is 15.0 Å². The number of nitrogens with one attached hydrogen (secondary N) is 5. The van der Waals surface area contributed by atoms with E-state index < -0.39 is 54.3 Å². The van der Waals surface area contributed by atoms with Gasteiger partial charge in [0.25, 0.3) is 41.4 Å². The Hall–Kier alpha value is -7.62. The van der Waals surface area contributed by atoms with Gasteiger partial charge in [-0.3, -0.25) is 28.8 Å². The number of halogens is 2. The fourth-order valence-corrected chi connectivity index (χ4v) is 14.5. The number of anilines is 3. The van der Waals surface area contributed by atoms with Gasteiger partial charge in [-0.05, 0) is 197 Å². The first-order valence-electron chi connectivity index (χ1n) is 32.5. The molecule has 95 heavy (non-hydrogen) atoms. The van der Waals surface area contributed by atoms with Gasteiger partial charge in [-0.1, -0.05) is 0 Å². The summed E-state index contributed by atoms with van der Waals surface area (Å²) >= 11 is 3.41. The molecule has 1 saturated carbocycles. The second kappa shape index (κ2) is 29.4. The van der Waals surface area contributed by atoms with Crippen molar-refractivity contribution in [2.24, 2.45) is 11.7 Å². The van der Waals surface area contributed by atoms with E-state index >= 15 is 0 Å². The molecule has 6 aromatic rings. The third-order valence-electron chi connectivity index (χ3n) is 17.0. The number of aromatic nitrogens is 6. The van der Waals surface area contributed by atoms with Gasteiger partial charge < -0.3 is 52.1 Å². The average Bonchev–Trinajstić information content (AvgIpc) is 1.67. The summed E-state index contributed by atoms with van der Waals surface area (Å²) in [5.74, 6) is -2.44. The molecule has 3 saturated heterocycles. The van der Waals surface area contributed by atoms with Crippen LogP contribution in [0.3, 0.4) is 0 Å². The van der Waals surface area contributed by atoms with Crippen LogP contribution in [0.4, 0.5) is 26.2 Å². The average molecular weight is 1370 g/mol. The number of hydrogen-bond donors (Lipinski definition) is 7. The molecule has 514 valence electrons. The molecule has 10 rings (SSSR count). The molecule has 6 amide bonds. The number of nitrogens with zero attached hydrogens (tertiary/aromatic N) is 9. The van der Waals surface area contributed by atoms with E-state index in [0.717, 1.165) is 99.3 Å². The van der Waals surface area contributed by atoms with Crippen LogP contribution in [-0.4, -0.2) is 164 Å². The van der Waals surface area contributed by atoms with E-state index in [2.05, 4.69) is 112 Å². The first-order chi connectivity index (χ1) is 44.3. The van der Waals surface area contributed by atoms with Crippen LogP contribution in [0.25, 0.3) is 31.3 Å². The molecule has 3 aliphatic heterocycles. The lowest BCUT2D eigenvalue weighted by atomic mass is 10.0. The lowest BCUT2D eigenvalue weighted by Crippen LogP contribution is -2.47. The summed E-state index contributed by atoms with van der Waals surface area (Å²) in [6.07, 6.45) is 11.0. The zero-order valence-electron chi connectivity index (χ0n) is 57.7. The van der Waals surface area contributed by atoms with E-state index in [1.807, 2.05) is 62.6 Å². The van der Waals surface area contributed by atoms with Gasteiger partial charge in [0.05, 0.1) is 32.8 Å². The van der Waals surface area contributed by atoms with Crippen molar-refractivity contribution in [3.05, 3.63) is 85.6 Å². The van der Waals surface area contributed by atoms with Crippen LogP contribution in [0.1, 0.15) is 219 Å². The minimum atomic E-state index is -2.98. The zero-order chi connectivity index (χ0) is 70.0. The lowest BCUT2D eigenvalue weighted by molar-refractivity contribution is 0.0117. The highest BCUT2D eigenvalue weighted by molar-refractivity contribution is 7.18. The molecule has 6 aromatic heterocycles. The minimum Gasteiger partial charge on any atom is -0.388 e. The third kappa shape index (κ3) is 18.3. The van der Waals surface area contributed by atoms with E-state index in [1.54, 1.807) is 46.3 Å². The molecule has 27 heteroatoms. The van der Waals surface area contributed by atoms with Crippen molar-refractivity contribution < 1.29 is 42.7 Å². The summed E-state index contributed by atoms with van der Waals surface area (Å²) in [6, 6.07) is 5.17. The van der Waals surface area contributed by atoms with Crippen LogP contribution >= 0.6 is 34.0 Å². The Morgan fingerprint density at radius 2 is 1.02 bits per heavy atom. The normalized spacial score (nSPS) is 18.4. The number of aryl methyl sites for hydroxylation is 3. The molecule has 4 fully saturated rings. The monoisotopic (exact) mass is 1370 g/mol. The molecule has 8 N–H and O–H groups in total. The number of rotatable bonds is 17. The maximum absolute atomic E-state index is 14.1. The van der Waals surface area contributed by atoms with E-state index in [9.17, 15) is 42.7 Å². The Morgan fingerprint density at radius 1 is 0.621 bits per heavy atom. The molecule has 4 aliphatic rings. The van der Waals surface area contributed by atoms with Crippen LogP contribution in [0.5, 0.6) is 0 Å². The standard InChI is InChI=1S/C26H35F2N5O3S.C22H31N5O2S.C20H27N5O2S/c1-13-9-19(30-15(3)17-7-8-17)29-11-18(13)21-20(24(35)33-12-26(27,28)10-14(33)2)32-23(37-21)22(34)31-16(4)25(5,6)36;1-7-23-19(28)20-25-17(21(29)27-10-8-9-14(27)3)18(30-20)15-12-24-16(11-13(15)2)26-22(4,5)6;1-11-9-14(24-20(3,4)5)22-10-13(11)16-15(23-18(28-16)17(21)26)19(27)25-8-6-7-12(25)2/h9,11,14-17,36H,7-8,10,12H2,1-6H3,(H,29,30)(H,31,34);11-12,14H,7-10H2,1-6H3,(H,23,28)(H,24,26);9-10,12H,6-8H2,1-5H3,(H2,21,26)(H,22,24)/t14-,15+,16+;14-;12-/m000/s1. The largest absolute Gasteiger partial charge is 0.388 e. The number of nitrogens with two attached hydrogens (primary N) is 1. The molecule has 5 atom stereocenters. The highest BCUT2D eigenvalue weighted by atomic mass is 32.1. The first kappa shape index (κ1) is 73.2. The van der Waals surface area contributed by atoms with Crippen LogP contribution < -0.4 is 32.3 Å². The Kier molecular flexibility index (Phi) is 22.6. The Bertz CT molecular complexity index is 3830. The maximum atomic E-state index is 14.1. The predicted molar refractivity (Wildman–Crippen MR) is 372 cm³/mol. The van der Waals surface area contributed by atoms with Crippen LogP contribution in [-0.2, 0) is 0 Å². The zero-order valence-corrected chi connectivity index (χ0v) is 60.1. The number of aliphatic hydroxyl groups is 1. The topological polar surface area (TPSA) is 296 Å². The van der Waals surface area contributed by atoms with Crippen molar-refractivity contribution in [3.8, 4) is 31.3 Å². The number of primary amides is 1. The van der Waals surface area contributed by atoms with Crippen molar-refractivity contribution in [1.29, 1.82) is 0 Å². The second-order valence-electron chi connectivity index (χ2n) is 28.2. The predicted octanol–water partition coefficient (Wildman–Crippen LogP) is 12.0. The SMILES string of the molecule is CCNC(=O)c1nc(C(=O)N2CCC[C@@H]2C)c(-c2cnc(NC(C)(C)C)cc2C)s1.Cc1cc(NC(C)(C)C)ncc1-c1sc(C(N)=O)nc1C(=O)N1CCC[C@@H]1C.Cc1cc(N[C@H](C)C2CC2)ncc1-c1sc(C(=O)N[C@H](C)C(C)(C)O)nc1C(=O)N1CC(F)(F)C[C@@H]1C. The number of carbonyl (C=O) groups excluding carboxylic acids is 6. The lowest BCUT2D eigenvalue weighted by Gasteiger charge is -2.26. The van der Waals surface area contributed by atoms with Crippen LogP contribution in [0.15, 0.2) is 36.8 Å². The van der Waals surface area contributed by atoms with Crippen LogP contribution in [0, 0.1) is 26.7 Å². The summed E-state index contributed by atoms with van der Waals surface area (Å²) in [5.41, 5.74) is 9.61. The number of hydrogen-bond acceptors (Lipinski definition) is 19. The van der Waals surface area contributed by atoms with Crippen molar-refractivity contribution in [2.75, 3.05) is 42.1 Å². The molecular weight excluding hydrogens is 1270 g/mol. The summed E-state index contributed by atoms with van der Waals surface area (Å²) in [6.45, 7) is 33.9. The Morgan fingerprint density at radius 3 is 1.38 bits per heavy atom. The van der Waals surface area contributed by atoms with Gasteiger partial charge in [0, 0.05) is 96.6 Å². The van der Waals surface area contributed by atoms with Gasteiger partial charge in [0.2, 0.25) is 0 Å². The Balaban J connectivity index is 0.000000185. The maximum Gasteiger partial charge on any atom is 0.280 e. The van der Waals surface area contributed by atoms with Crippen molar-refractivity contribution in [2.45, 2.75) is 215 Å². The molecule has 0 unspecified atom stereocenters. The molecule has 9 heterocycles. The number of alkyl halides is 2. The van der Waals surface area contributed by atoms with Gasteiger partial charge in [-0.15, -0.1) is 34.0 Å². The smallest absolute Gasteiger partial charge is 0.280 e. The molecular formula is C68H93F2N15O7S3. The molecule has 0 radical (unpaired) electrons. The quantitative estimate of drug-likeness (QED) is 0.0446. The molecule has 22 nitrogen and oxygen atoms in total. The minimum absolute atomic E-state index is 0.0111. The Labute approximate surface area is 567 Å². The van der Waals surface area contributed by atoms with E-state index in [1.165, 1.54) is 24.2 Å². The van der Waals surface area contributed by atoms with Gasteiger partial charge in [0.1, 0.15) is 34.5 Å². The number of thiazole rings is 3. The number of likely N-dealkylation sites (tertiary alicyclic amines) is 3. The van der Waals surface area contributed by atoms with Gasteiger partial charge in [-0.25, -0.2) is 38.7 Å². The first-order valence-corrected chi connectivity index (χ1v) is 35.0. The summed E-state index contributed by atoms with van der Waals surface area (Å²) < 4.78 is 28.2. The number of carbonyl (C=O) groups is 6. The number of amides is 6. The summed E-state index contributed by atoms with van der Waals surface area (Å²) in [7, 11) is 0. The van der Waals surface area contributed by atoms with E-state index in [0.29, 0.717) is 61.8 Å². The summed E-state index contributed by atoms with van der Waals surface area (Å²) in [4.78, 5) is 110. The fraction of sp³-hybridized carbons (Fsp3) is 0.559. The summed E-state index contributed by atoms with van der Waals surface area (Å²) in [5, 5.41) is 26.3. The third-order valence-corrected chi connectivity index (χ3v) is 20.3. The van der Waals surface area contributed by atoms with Crippen LogP contribution in [0.2, 0.25) is 0 Å². The van der Waals surface area contributed by atoms with Crippen molar-refractivity contribution in [1.82, 2.24) is 55.2 Å². The molecule has 1 aliphatic carbocycles. The van der Waals surface area contributed by atoms with E-state index in [-0.39, 0.29) is 62.3 Å². The highest BCUT2D eigenvalue weighted by Crippen LogP contribution is 2.41. The molecule has 0 spiro atoms. The molecule has 0 bridgehead atoms. The number of pyridine rings is 3. The van der Waals surface area contributed by atoms with Crippen molar-refractivity contribution >= 4 is 86.9 Å². The highest BCUT2D eigenvalue weighted by Gasteiger charge is 2.46. The fourth-order valence-electron chi connectivity index (χ4n) is 11.4. The molecule has 0 aromatic carbocycles. The van der Waals surface area contributed by atoms with Crippen molar-refractivity contribution in [3.63, 3.8) is 0 Å². The van der Waals surface area contributed by atoms with Gasteiger partial charge >= 0.3 is 0 Å². The second-order valence-corrected chi connectivity index (χ2v) is 31.2. The van der Waals surface area contributed by atoms with Gasteiger partial charge in [-0.2, -0.15) is 0 Å².